The first-order valence-corrected chi connectivity index (χ1v) is 8.60. The lowest BCUT2D eigenvalue weighted by atomic mass is 10.1. The molecule has 0 unspecified atom stereocenters. The molecule has 1 aromatic heterocycles. The van der Waals surface area contributed by atoms with Crippen molar-refractivity contribution in [2.24, 2.45) is 0 Å². The molecule has 5 nitrogen and oxygen atoms in total. The van der Waals surface area contributed by atoms with Crippen molar-refractivity contribution < 1.29 is 9.47 Å². The van der Waals surface area contributed by atoms with Crippen LogP contribution in [0.5, 0.6) is 11.5 Å². The molecule has 5 heteroatoms. The molecule has 0 N–H and O–H groups in total. The standard InChI is InChI=1S/C22H19N3O2/c1-26-19-12-8-16(9-13-19)21-23-24-22(17-10-14-20(27-2)15-11-17)25(21)18-6-4-3-5-7-18/h3-15H,1-2H3. The molecule has 0 aliphatic carbocycles. The predicted octanol–water partition coefficient (Wildman–Crippen LogP) is 4.62. The second kappa shape index (κ2) is 7.33. The van der Waals surface area contributed by atoms with Crippen LogP contribution in [0.2, 0.25) is 0 Å². The topological polar surface area (TPSA) is 49.2 Å². The summed E-state index contributed by atoms with van der Waals surface area (Å²) in [4.78, 5) is 0. The fourth-order valence-corrected chi connectivity index (χ4v) is 2.96. The smallest absolute Gasteiger partial charge is 0.168 e. The number of hydrogen-bond acceptors (Lipinski definition) is 4. The zero-order valence-corrected chi connectivity index (χ0v) is 15.2. The van der Waals surface area contributed by atoms with Crippen LogP contribution in [0.3, 0.4) is 0 Å². The van der Waals surface area contributed by atoms with Gasteiger partial charge in [0.05, 0.1) is 14.2 Å². The average molecular weight is 357 g/mol. The molecule has 0 fully saturated rings. The Morgan fingerprint density at radius 2 is 1.04 bits per heavy atom. The largest absolute Gasteiger partial charge is 0.497 e. The molecule has 134 valence electrons. The van der Waals surface area contributed by atoms with Crippen LogP contribution >= 0.6 is 0 Å². The van der Waals surface area contributed by atoms with Crippen LogP contribution in [0.25, 0.3) is 28.5 Å². The van der Waals surface area contributed by atoms with Crippen molar-refractivity contribution >= 4 is 0 Å². The van der Waals surface area contributed by atoms with Crippen molar-refractivity contribution in [3.63, 3.8) is 0 Å². The van der Waals surface area contributed by atoms with Crippen molar-refractivity contribution in [3.8, 4) is 40.0 Å². The van der Waals surface area contributed by atoms with Gasteiger partial charge in [0.15, 0.2) is 11.6 Å². The van der Waals surface area contributed by atoms with E-state index in [0.717, 1.165) is 40.0 Å². The van der Waals surface area contributed by atoms with Crippen molar-refractivity contribution in [2.75, 3.05) is 14.2 Å². The maximum absolute atomic E-state index is 5.26. The maximum atomic E-state index is 5.26. The summed E-state index contributed by atoms with van der Waals surface area (Å²) in [6, 6.07) is 25.7. The minimum Gasteiger partial charge on any atom is -0.497 e. The summed E-state index contributed by atoms with van der Waals surface area (Å²) in [6.45, 7) is 0. The summed E-state index contributed by atoms with van der Waals surface area (Å²) in [5.41, 5.74) is 2.93. The van der Waals surface area contributed by atoms with E-state index < -0.39 is 0 Å². The average Bonchev–Trinajstić information content (AvgIpc) is 3.19. The molecule has 1 heterocycles. The van der Waals surface area contributed by atoms with Crippen LogP contribution < -0.4 is 9.47 Å². The number of aromatic nitrogens is 3. The van der Waals surface area contributed by atoms with Crippen molar-refractivity contribution in [2.45, 2.75) is 0 Å². The number of ether oxygens (including phenoxy) is 2. The van der Waals surface area contributed by atoms with Crippen LogP contribution in [0.1, 0.15) is 0 Å². The van der Waals surface area contributed by atoms with Crippen LogP contribution in [0.4, 0.5) is 0 Å². The van der Waals surface area contributed by atoms with Crippen molar-refractivity contribution in [3.05, 3.63) is 78.9 Å². The fraction of sp³-hybridized carbons (Fsp3) is 0.0909. The van der Waals surface area contributed by atoms with E-state index in [-0.39, 0.29) is 0 Å². The minimum atomic E-state index is 0.773. The molecule has 0 amide bonds. The van der Waals surface area contributed by atoms with E-state index in [1.807, 2.05) is 78.9 Å². The maximum Gasteiger partial charge on any atom is 0.168 e. The Hall–Kier alpha value is -3.60. The molecule has 3 aromatic carbocycles. The number of benzene rings is 3. The molecular weight excluding hydrogens is 338 g/mol. The van der Waals surface area contributed by atoms with E-state index in [9.17, 15) is 0 Å². The third-order valence-corrected chi connectivity index (χ3v) is 4.37. The van der Waals surface area contributed by atoms with E-state index in [0.29, 0.717) is 0 Å². The second-order valence-electron chi connectivity index (χ2n) is 5.98. The zero-order valence-electron chi connectivity index (χ0n) is 15.2. The first-order chi connectivity index (χ1) is 13.3. The van der Waals surface area contributed by atoms with E-state index in [1.165, 1.54) is 0 Å². The number of para-hydroxylation sites is 1. The van der Waals surface area contributed by atoms with Gasteiger partial charge in [-0.25, -0.2) is 0 Å². The molecule has 0 aliphatic rings. The Labute approximate surface area is 157 Å². The van der Waals surface area contributed by atoms with Gasteiger partial charge in [-0.1, -0.05) is 18.2 Å². The molecule has 0 bridgehead atoms. The summed E-state index contributed by atoms with van der Waals surface area (Å²) in [6.07, 6.45) is 0. The molecule has 0 radical (unpaired) electrons. The number of methoxy groups -OCH3 is 2. The van der Waals surface area contributed by atoms with Gasteiger partial charge in [0.2, 0.25) is 0 Å². The first-order valence-electron chi connectivity index (χ1n) is 8.60. The highest BCUT2D eigenvalue weighted by Gasteiger charge is 2.17. The summed E-state index contributed by atoms with van der Waals surface area (Å²) < 4.78 is 12.6. The molecule has 0 saturated carbocycles. The van der Waals surface area contributed by atoms with Gasteiger partial charge >= 0.3 is 0 Å². The van der Waals surface area contributed by atoms with Gasteiger partial charge in [-0.3, -0.25) is 4.57 Å². The molecular formula is C22H19N3O2. The van der Waals surface area contributed by atoms with Crippen molar-refractivity contribution in [1.29, 1.82) is 0 Å². The third-order valence-electron chi connectivity index (χ3n) is 4.37. The zero-order chi connectivity index (χ0) is 18.6. The lowest BCUT2D eigenvalue weighted by molar-refractivity contribution is 0.415. The Bertz CT molecular complexity index is 959. The minimum absolute atomic E-state index is 0.773. The van der Waals surface area contributed by atoms with E-state index in [1.54, 1.807) is 14.2 Å². The molecule has 4 rings (SSSR count). The third kappa shape index (κ3) is 3.27. The van der Waals surface area contributed by atoms with Crippen LogP contribution in [0.15, 0.2) is 78.9 Å². The quantitative estimate of drug-likeness (QED) is 0.523. The van der Waals surface area contributed by atoms with E-state index in [4.69, 9.17) is 9.47 Å². The molecule has 0 atom stereocenters. The lowest BCUT2D eigenvalue weighted by Gasteiger charge is -2.11. The normalized spacial score (nSPS) is 10.6. The number of rotatable bonds is 5. The number of nitrogens with zero attached hydrogens (tertiary/aromatic N) is 3. The van der Waals surface area contributed by atoms with Gasteiger partial charge in [-0.2, -0.15) is 0 Å². The summed E-state index contributed by atoms with van der Waals surface area (Å²) in [5, 5.41) is 8.96. The summed E-state index contributed by atoms with van der Waals surface area (Å²) >= 11 is 0. The van der Waals surface area contributed by atoms with Crippen molar-refractivity contribution in [1.82, 2.24) is 14.8 Å². The number of hydrogen-bond donors (Lipinski definition) is 0. The molecule has 0 aliphatic heterocycles. The highest BCUT2D eigenvalue weighted by molar-refractivity contribution is 5.67. The monoisotopic (exact) mass is 357 g/mol. The predicted molar refractivity (Wildman–Crippen MR) is 105 cm³/mol. The summed E-state index contributed by atoms with van der Waals surface area (Å²) in [5.74, 6) is 3.16. The SMILES string of the molecule is COc1ccc(-c2nnc(-c3ccc(OC)cc3)n2-c2ccccc2)cc1. The van der Waals surface area contributed by atoms with Gasteiger partial charge in [0.1, 0.15) is 11.5 Å². The van der Waals surface area contributed by atoms with E-state index in [2.05, 4.69) is 14.8 Å². The van der Waals surface area contributed by atoms with Gasteiger partial charge in [-0.15, -0.1) is 10.2 Å². The molecule has 0 saturated heterocycles. The molecule has 0 spiro atoms. The Morgan fingerprint density at radius 1 is 0.593 bits per heavy atom. The Morgan fingerprint density at radius 3 is 1.44 bits per heavy atom. The molecule has 4 aromatic rings. The van der Waals surface area contributed by atoms with Crippen LogP contribution in [-0.2, 0) is 0 Å². The molecule has 27 heavy (non-hydrogen) atoms. The van der Waals surface area contributed by atoms with Gasteiger partial charge in [0.25, 0.3) is 0 Å². The van der Waals surface area contributed by atoms with Gasteiger partial charge < -0.3 is 9.47 Å². The highest BCUT2D eigenvalue weighted by Crippen LogP contribution is 2.30. The van der Waals surface area contributed by atoms with Crippen LogP contribution in [-0.4, -0.2) is 29.0 Å². The van der Waals surface area contributed by atoms with Gasteiger partial charge in [-0.05, 0) is 60.7 Å². The lowest BCUT2D eigenvalue weighted by Crippen LogP contribution is -2.00. The fourth-order valence-electron chi connectivity index (χ4n) is 2.96. The second-order valence-corrected chi connectivity index (χ2v) is 5.98. The van der Waals surface area contributed by atoms with Crippen LogP contribution in [0, 0.1) is 0 Å². The summed E-state index contributed by atoms with van der Waals surface area (Å²) in [7, 11) is 3.31. The Kier molecular flexibility index (Phi) is 4.58. The van der Waals surface area contributed by atoms with Gasteiger partial charge in [0, 0.05) is 16.8 Å². The highest BCUT2D eigenvalue weighted by atomic mass is 16.5. The Balaban J connectivity index is 1.87. The van der Waals surface area contributed by atoms with E-state index >= 15 is 0 Å². The first kappa shape index (κ1) is 16.8.